The topological polar surface area (TPSA) is 112 Å². The fourth-order valence-electron chi connectivity index (χ4n) is 3.93. The van der Waals surface area contributed by atoms with Gasteiger partial charge in [0.05, 0.1) is 22.0 Å². The largest absolute Gasteiger partial charge is 0.364 e. The second-order valence-electron chi connectivity index (χ2n) is 8.78. The number of rotatable bonds is 7. The number of anilines is 1. The van der Waals surface area contributed by atoms with E-state index in [1.807, 2.05) is 39.2 Å². The van der Waals surface area contributed by atoms with Crippen LogP contribution in [0.4, 0.5) is 10.2 Å². The van der Waals surface area contributed by atoms with E-state index in [1.165, 1.54) is 13.1 Å². The first-order valence-electron chi connectivity index (χ1n) is 10.6. The van der Waals surface area contributed by atoms with Crippen molar-refractivity contribution < 1.29 is 9.18 Å². The van der Waals surface area contributed by atoms with E-state index in [9.17, 15) is 10.1 Å². The summed E-state index contributed by atoms with van der Waals surface area (Å²) < 4.78 is 16.8. The van der Waals surface area contributed by atoms with Crippen LogP contribution in [0.15, 0.2) is 36.8 Å². The van der Waals surface area contributed by atoms with E-state index in [0.29, 0.717) is 21.6 Å². The van der Waals surface area contributed by atoms with Crippen molar-refractivity contribution in [1.29, 1.82) is 5.26 Å². The van der Waals surface area contributed by atoms with E-state index in [-0.39, 0.29) is 29.3 Å². The maximum Gasteiger partial charge on any atom is 0.166 e. The van der Waals surface area contributed by atoms with Gasteiger partial charge in [0, 0.05) is 54.5 Å². The van der Waals surface area contributed by atoms with Gasteiger partial charge < -0.3 is 10.3 Å². The van der Waals surface area contributed by atoms with Gasteiger partial charge >= 0.3 is 0 Å². The summed E-state index contributed by atoms with van der Waals surface area (Å²) in [6.45, 7) is 5.36. The number of nitrogens with zero attached hydrogens (tertiary/aromatic N) is 5. The van der Waals surface area contributed by atoms with E-state index in [0.717, 1.165) is 11.8 Å². The minimum Gasteiger partial charge on any atom is -0.364 e. The van der Waals surface area contributed by atoms with Crippen molar-refractivity contribution in [3.63, 3.8) is 0 Å². The zero-order valence-corrected chi connectivity index (χ0v) is 19.9. The highest BCUT2D eigenvalue weighted by Gasteiger charge is 2.35. The molecule has 1 unspecified atom stereocenters. The normalized spacial score (nSPS) is 12.5. The minimum absolute atomic E-state index is 0.0615. The van der Waals surface area contributed by atoms with Gasteiger partial charge in [-0.2, -0.15) is 10.4 Å². The van der Waals surface area contributed by atoms with Crippen molar-refractivity contribution in [1.82, 2.24) is 24.7 Å². The van der Waals surface area contributed by atoms with Crippen LogP contribution >= 0.6 is 11.6 Å². The molecule has 0 saturated heterocycles. The molecule has 10 heteroatoms. The molecular formula is C24H23ClFN7O. The molecule has 8 nitrogen and oxygen atoms in total. The summed E-state index contributed by atoms with van der Waals surface area (Å²) in [5.74, 6) is -0.816. The summed E-state index contributed by atoms with van der Waals surface area (Å²) in [5, 5.41) is 18.3. The number of halogens is 2. The summed E-state index contributed by atoms with van der Waals surface area (Å²) >= 11 is 6.12. The first kappa shape index (κ1) is 23.4. The number of carbonyl (C=O) groups excluding carboxylic acids is 1. The molecule has 0 aromatic carbocycles. The van der Waals surface area contributed by atoms with Crippen molar-refractivity contribution in [3.05, 3.63) is 58.9 Å². The van der Waals surface area contributed by atoms with Crippen LogP contribution in [0.25, 0.3) is 22.3 Å². The van der Waals surface area contributed by atoms with Gasteiger partial charge in [0.25, 0.3) is 0 Å². The van der Waals surface area contributed by atoms with Crippen molar-refractivity contribution >= 4 is 34.2 Å². The molecule has 0 fully saturated rings. The average molecular weight is 480 g/mol. The molecule has 0 bridgehead atoms. The number of Topliss-reactive ketones (excluding diaryl/α,β-unsaturated/α-hetero) is 1. The Balaban J connectivity index is 1.81. The van der Waals surface area contributed by atoms with E-state index < -0.39 is 17.3 Å². The second kappa shape index (κ2) is 8.88. The number of hydrogen-bond acceptors (Lipinski definition) is 6. The zero-order chi connectivity index (χ0) is 24.6. The van der Waals surface area contributed by atoms with E-state index in [4.69, 9.17) is 11.6 Å². The molecule has 0 aliphatic rings. The standard InChI is InChI=1S/C24H23ClFN7O/c1-13(34)7-20(24(2,3)19-5-6-33(4)32-19)30-23-18(26)8-14(10-27)21(31-23)17-12-29-22-16(17)9-15(25)11-28-22/h5-6,8-9,11-12,20H,7H2,1-4H3,(H,28,29)(H,30,31). The van der Waals surface area contributed by atoms with Gasteiger partial charge in [0.15, 0.2) is 11.6 Å². The summed E-state index contributed by atoms with van der Waals surface area (Å²) in [6, 6.07) is 6.21. The molecule has 0 radical (unpaired) electrons. The quantitative estimate of drug-likeness (QED) is 0.395. The molecule has 0 aliphatic carbocycles. The fraction of sp³-hybridized carbons (Fsp3) is 0.292. The SMILES string of the molecule is CC(=O)CC(Nc1nc(-c2c[nH]c3ncc(Cl)cc23)c(C#N)cc1F)C(C)(C)c1ccn(C)n1. The van der Waals surface area contributed by atoms with Crippen molar-refractivity contribution in [2.45, 2.75) is 38.6 Å². The number of carbonyl (C=O) groups is 1. The van der Waals surface area contributed by atoms with Crippen LogP contribution in [0.1, 0.15) is 38.4 Å². The second-order valence-corrected chi connectivity index (χ2v) is 9.21. The van der Waals surface area contributed by atoms with Crippen molar-refractivity contribution in [3.8, 4) is 17.3 Å². The molecule has 174 valence electrons. The lowest BCUT2D eigenvalue weighted by Crippen LogP contribution is -2.42. The molecule has 0 amide bonds. The lowest BCUT2D eigenvalue weighted by molar-refractivity contribution is -0.117. The number of aryl methyl sites for hydroxylation is 1. The number of nitrogens with one attached hydrogen (secondary N) is 2. The van der Waals surface area contributed by atoms with Gasteiger partial charge in [-0.1, -0.05) is 25.4 Å². The highest BCUT2D eigenvalue weighted by Crippen LogP contribution is 2.34. The Hall–Kier alpha value is -3.77. The molecule has 34 heavy (non-hydrogen) atoms. The Morgan fingerprint density at radius 3 is 2.82 bits per heavy atom. The molecule has 4 heterocycles. The first-order chi connectivity index (χ1) is 16.1. The van der Waals surface area contributed by atoms with Gasteiger partial charge in [-0.05, 0) is 25.1 Å². The number of hydrogen-bond donors (Lipinski definition) is 2. The van der Waals surface area contributed by atoms with Gasteiger partial charge in [-0.15, -0.1) is 0 Å². The highest BCUT2D eigenvalue weighted by molar-refractivity contribution is 6.31. The van der Waals surface area contributed by atoms with Gasteiger partial charge in [0.2, 0.25) is 0 Å². The smallest absolute Gasteiger partial charge is 0.166 e. The van der Waals surface area contributed by atoms with Crippen LogP contribution in [-0.4, -0.2) is 36.6 Å². The lowest BCUT2D eigenvalue weighted by Gasteiger charge is -2.33. The monoisotopic (exact) mass is 479 g/mol. The first-order valence-corrected chi connectivity index (χ1v) is 11.0. The summed E-state index contributed by atoms with van der Waals surface area (Å²) in [5.41, 5.74) is 1.59. The van der Waals surface area contributed by atoms with Crippen LogP contribution in [0.5, 0.6) is 0 Å². The maximum absolute atomic E-state index is 15.1. The molecule has 0 aliphatic heterocycles. The van der Waals surface area contributed by atoms with Crippen LogP contribution in [-0.2, 0) is 17.3 Å². The summed E-state index contributed by atoms with van der Waals surface area (Å²) in [4.78, 5) is 23.8. The number of nitriles is 1. The summed E-state index contributed by atoms with van der Waals surface area (Å²) in [6.07, 6.45) is 5.11. The Labute approximate surface area is 200 Å². The number of aromatic nitrogens is 5. The predicted molar refractivity (Wildman–Crippen MR) is 128 cm³/mol. The Morgan fingerprint density at radius 1 is 1.41 bits per heavy atom. The number of ketones is 1. The molecule has 0 saturated carbocycles. The van der Waals surface area contributed by atoms with Gasteiger partial charge in [-0.3, -0.25) is 9.48 Å². The summed E-state index contributed by atoms with van der Waals surface area (Å²) in [7, 11) is 1.81. The number of H-pyrrole nitrogens is 1. The van der Waals surface area contributed by atoms with E-state index in [1.54, 1.807) is 16.9 Å². The molecular weight excluding hydrogens is 457 g/mol. The van der Waals surface area contributed by atoms with Crippen LogP contribution in [0, 0.1) is 17.1 Å². The maximum atomic E-state index is 15.1. The third-order valence-corrected chi connectivity index (χ3v) is 6.10. The van der Waals surface area contributed by atoms with E-state index >= 15 is 4.39 Å². The lowest BCUT2D eigenvalue weighted by atomic mass is 9.79. The van der Waals surface area contributed by atoms with Gasteiger partial charge in [-0.25, -0.2) is 14.4 Å². The minimum atomic E-state index is -0.693. The third-order valence-electron chi connectivity index (χ3n) is 5.90. The Bertz CT molecular complexity index is 1430. The Kier molecular flexibility index (Phi) is 6.11. The molecule has 2 N–H and O–H groups in total. The number of aromatic amines is 1. The third kappa shape index (κ3) is 4.37. The van der Waals surface area contributed by atoms with Crippen LogP contribution < -0.4 is 5.32 Å². The van der Waals surface area contributed by atoms with Crippen molar-refractivity contribution in [2.75, 3.05) is 5.32 Å². The zero-order valence-electron chi connectivity index (χ0n) is 19.1. The molecule has 0 spiro atoms. The van der Waals surface area contributed by atoms with Crippen molar-refractivity contribution in [2.24, 2.45) is 7.05 Å². The molecule has 4 aromatic rings. The van der Waals surface area contributed by atoms with Crippen LogP contribution in [0.2, 0.25) is 5.02 Å². The predicted octanol–water partition coefficient (Wildman–Crippen LogP) is 4.76. The van der Waals surface area contributed by atoms with Crippen LogP contribution in [0.3, 0.4) is 0 Å². The average Bonchev–Trinajstić information content (AvgIpc) is 3.40. The molecule has 4 rings (SSSR count). The number of pyridine rings is 2. The highest BCUT2D eigenvalue weighted by atomic mass is 35.5. The Morgan fingerprint density at radius 2 is 2.18 bits per heavy atom. The molecule has 1 atom stereocenters. The van der Waals surface area contributed by atoms with Gasteiger partial charge in [0.1, 0.15) is 17.5 Å². The molecule has 4 aromatic heterocycles. The fourth-order valence-corrected chi connectivity index (χ4v) is 4.09. The number of fused-ring (bicyclic) bond motifs is 1. The van der Waals surface area contributed by atoms with E-state index in [2.05, 4.69) is 25.4 Å².